The van der Waals surface area contributed by atoms with Crippen molar-refractivity contribution in [1.82, 2.24) is 19.7 Å². The highest BCUT2D eigenvalue weighted by Crippen LogP contribution is 2.53. The van der Waals surface area contributed by atoms with Gasteiger partial charge < -0.3 is 9.88 Å². The molecule has 6 rings (SSSR count). The third-order valence-electron chi connectivity index (χ3n) is 8.38. The molecule has 0 bridgehead atoms. The van der Waals surface area contributed by atoms with Crippen molar-refractivity contribution in [2.24, 2.45) is 7.05 Å². The van der Waals surface area contributed by atoms with Crippen LogP contribution < -0.4 is 5.56 Å². The molecule has 0 saturated heterocycles. The zero-order chi connectivity index (χ0) is 30.1. The Labute approximate surface area is 252 Å². The molecule has 2 aromatic carbocycles. The van der Waals surface area contributed by atoms with Crippen LogP contribution in [-0.2, 0) is 28.1 Å². The number of fused-ring (bicyclic) bond motifs is 1. The van der Waals surface area contributed by atoms with Crippen molar-refractivity contribution in [3.63, 3.8) is 0 Å². The maximum Gasteiger partial charge on any atom is 0.256 e. The zero-order valence-electron chi connectivity index (χ0n) is 23.0. The fourth-order valence-corrected chi connectivity index (χ4v) is 7.97. The predicted octanol–water partition coefficient (Wildman–Crippen LogP) is 5.68. The lowest BCUT2D eigenvalue weighted by Crippen LogP contribution is -2.39. The Kier molecular flexibility index (Phi) is 6.87. The molecule has 1 amide bonds. The number of benzene rings is 2. The van der Waals surface area contributed by atoms with Gasteiger partial charge >= 0.3 is 0 Å². The first-order chi connectivity index (χ1) is 19.8. The van der Waals surface area contributed by atoms with Crippen LogP contribution in [0.5, 0.6) is 0 Å². The molecule has 1 aliphatic carbocycles. The van der Waals surface area contributed by atoms with Crippen LogP contribution in [0.1, 0.15) is 53.0 Å². The van der Waals surface area contributed by atoms with E-state index in [1.165, 1.54) is 30.7 Å². The van der Waals surface area contributed by atoms with Gasteiger partial charge in [-0.25, -0.2) is 12.8 Å². The molecule has 2 aliphatic rings. The molecule has 1 aliphatic heterocycles. The van der Waals surface area contributed by atoms with E-state index in [4.69, 9.17) is 28.3 Å². The number of pyridine rings is 1. The molecule has 2 aromatic heterocycles. The van der Waals surface area contributed by atoms with Crippen LogP contribution in [0, 0.1) is 5.82 Å². The smallest absolute Gasteiger partial charge is 0.256 e. The van der Waals surface area contributed by atoms with Crippen LogP contribution in [0.2, 0.25) is 10.0 Å². The highest BCUT2D eigenvalue weighted by Gasteiger charge is 2.53. The number of nitrogens with zero attached hydrogens (tertiary/aromatic N) is 3. The molecule has 1 N–H and O–H groups in total. The van der Waals surface area contributed by atoms with Crippen LogP contribution in [0.3, 0.4) is 0 Å². The number of carbonyl (C=O) groups is 1. The Balaban J connectivity index is 1.36. The third-order valence-corrected chi connectivity index (χ3v) is 11.1. The number of hydrogen-bond acceptors (Lipinski definition) is 5. The molecule has 8 nitrogen and oxygen atoms in total. The number of aryl methyl sites for hydroxylation is 1. The van der Waals surface area contributed by atoms with Crippen LogP contribution in [-0.4, -0.2) is 46.8 Å². The maximum atomic E-state index is 14.7. The van der Waals surface area contributed by atoms with Crippen molar-refractivity contribution in [2.75, 3.05) is 12.8 Å². The molecule has 1 saturated carbocycles. The number of aromatic amines is 1. The van der Waals surface area contributed by atoms with E-state index in [2.05, 4.69) is 4.98 Å². The van der Waals surface area contributed by atoms with E-state index in [-0.39, 0.29) is 16.1 Å². The second kappa shape index (κ2) is 10.1. The van der Waals surface area contributed by atoms with Gasteiger partial charge in [0, 0.05) is 53.8 Å². The average molecular weight is 630 g/mol. The van der Waals surface area contributed by atoms with Gasteiger partial charge in [0.05, 0.1) is 32.8 Å². The summed E-state index contributed by atoms with van der Waals surface area (Å²) in [5.74, 6) is -1.07. The van der Waals surface area contributed by atoms with Crippen LogP contribution in [0.4, 0.5) is 4.39 Å². The lowest BCUT2D eigenvalue weighted by atomic mass is 9.93. The molecule has 1 atom stereocenters. The summed E-state index contributed by atoms with van der Waals surface area (Å²) >= 11 is 13.2. The Hall–Kier alpha value is -3.47. The van der Waals surface area contributed by atoms with Gasteiger partial charge in [0.2, 0.25) is 5.56 Å². The topological polar surface area (TPSA) is 105 Å². The molecule has 0 radical (unpaired) electrons. The van der Waals surface area contributed by atoms with E-state index in [1.54, 1.807) is 28.8 Å². The predicted molar refractivity (Wildman–Crippen MR) is 160 cm³/mol. The number of amides is 1. The number of rotatable bonds is 5. The first kappa shape index (κ1) is 28.6. The first-order valence-corrected chi connectivity index (χ1v) is 16.0. The fourth-order valence-electron chi connectivity index (χ4n) is 6.05. The van der Waals surface area contributed by atoms with Crippen molar-refractivity contribution in [3.05, 3.63) is 97.3 Å². The summed E-state index contributed by atoms with van der Waals surface area (Å²) in [5, 5.41) is 5.27. The van der Waals surface area contributed by atoms with Crippen LogP contribution in [0.25, 0.3) is 22.4 Å². The zero-order valence-corrected chi connectivity index (χ0v) is 25.4. The van der Waals surface area contributed by atoms with Gasteiger partial charge in [0.1, 0.15) is 5.82 Å². The second-order valence-electron chi connectivity index (χ2n) is 11.0. The molecular weight excluding hydrogens is 602 g/mol. The molecule has 0 unspecified atom stereocenters. The molecule has 218 valence electrons. The molecule has 1 fully saturated rings. The van der Waals surface area contributed by atoms with E-state index >= 15 is 0 Å². The van der Waals surface area contributed by atoms with E-state index in [9.17, 15) is 22.4 Å². The second-order valence-corrected chi connectivity index (χ2v) is 14.2. The van der Waals surface area contributed by atoms with Gasteiger partial charge in [0.15, 0.2) is 9.84 Å². The Morgan fingerprint density at radius 3 is 2.50 bits per heavy atom. The molecule has 42 heavy (non-hydrogen) atoms. The summed E-state index contributed by atoms with van der Waals surface area (Å²) in [6.07, 6.45) is 4.25. The van der Waals surface area contributed by atoms with Crippen molar-refractivity contribution in [3.8, 4) is 22.4 Å². The minimum Gasteiger partial charge on any atom is -0.330 e. The van der Waals surface area contributed by atoms with Gasteiger partial charge in [-0.2, -0.15) is 5.10 Å². The summed E-state index contributed by atoms with van der Waals surface area (Å²) < 4.78 is 40.8. The summed E-state index contributed by atoms with van der Waals surface area (Å²) in [5.41, 5.74) is 4.32. The van der Waals surface area contributed by atoms with Gasteiger partial charge in [-0.05, 0) is 73.7 Å². The molecule has 0 spiro atoms. The van der Waals surface area contributed by atoms with E-state index in [1.807, 2.05) is 13.0 Å². The number of hydrogen-bond donors (Lipinski definition) is 1. The first-order valence-electron chi connectivity index (χ1n) is 13.4. The monoisotopic (exact) mass is 628 g/mol. The van der Waals surface area contributed by atoms with Gasteiger partial charge in [-0.15, -0.1) is 0 Å². The number of aromatic nitrogens is 3. The van der Waals surface area contributed by atoms with Gasteiger partial charge in [0.25, 0.3) is 5.91 Å². The van der Waals surface area contributed by atoms with Crippen LogP contribution in [0.15, 0.2) is 53.5 Å². The van der Waals surface area contributed by atoms with E-state index in [0.29, 0.717) is 53.2 Å². The van der Waals surface area contributed by atoms with Gasteiger partial charge in [-0.1, -0.05) is 23.2 Å². The number of halogens is 3. The highest BCUT2D eigenvalue weighted by molar-refractivity contribution is 7.92. The minimum absolute atomic E-state index is 0.0133. The number of H-pyrrole nitrogens is 1. The lowest BCUT2D eigenvalue weighted by molar-refractivity contribution is 0.0673. The summed E-state index contributed by atoms with van der Waals surface area (Å²) in [4.78, 5) is 29.5. The third kappa shape index (κ3) is 4.66. The normalized spacial score (nSPS) is 17.7. The number of sulfone groups is 1. The summed E-state index contributed by atoms with van der Waals surface area (Å²) in [7, 11) is -1.53. The lowest BCUT2D eigenvalue weighted by Gasteiger charge is -2.33. The molecule has 3 heterocycles. The highest BCUT2D eigenvalue weighted by atomic mass is 35.5. The largest absolute Gasteiger partial charge is 0.330 e. The fraction of sp³-hybridized carbons (Fsp3) is 0.300. The molecule has 12 heteroatoms. The summed E-state index contributed by atoms with van der Waals surface area (Å²) in [6.45, 7) is 2.18. The Bertz CT molecular complexity index is 1930. The Morgan fingerprint density at radius 1 is 1.12 bits per heavy atom. The maximum absolute atomic E-state index is 14.7. The molecule has 4 aromatic rings. The Morgan fingerprint density at radius 2 is 1.86 bits per heavy atom. The van der Waals surface area contributed by atoms with E-state index in [0.717, 1.165) is 22.9 Å². The summed E-state index contributed by atoms with van der Waals surface area (Å²) in [6, 6.07) is 10.1. The standard InChI is InChI=1S/C30H27Cl2FN4O4S/c1-16-27-22(28(36(2)35-27)18-10-19(12-20(31)11-18)30(7-8-30)42(3,40)41)6-9-37(16)29(39)24-14-21(33)13-23(26(24)32)17-4-5-25(38)34-15-17/h4-5,10-16H,6-9H2,1-3H3,(H,34,38)/t16-/m0/s1. The van der Waals surface area contributed by atoms with Crippen molar-refractivity contribution in [1.29, 1.82) is 0 Å². The van der Waals surface area contributed by atoms with Crippen LogP contribution >= 0.6 is 23.2 Å². The average Bonchev–Trinajstić information content (AvgIpc) is 3.68. The minimum atomic E-state index is -3.33. The van der Waals surface area contributed by atoms with Crippen molar-refractivity contribution < 1.29 is 17.6 Å². The SMILES string of the molecule is C[C@H]1c2nn(C)c(-c3cc(Cl)cc(C4(S(C)(=O)=O)CC4)c3)c2CCN1C(=O)c1cc(F)cc(-c2ccc(=O)[nH]c2)c1Cl. The number of carbonyl (C=O) groups excluding carboxylic acids is 1. The quantitative estimate of drug-likeness (QED) is 0.306. The van der Waals surface area contributed by atoms with Gasteiger partial charge in [-0.3, -0.25) is 14.3 Å². The van der Waals surface area contributed by atoms with Crippen molar-refractivity contribution >= 4 is 38.9 Å². The number of nitrogens with one attached hydrogen (secondary N) is 1. The molecular formula is C30H27Cl2FN4O4S. The van der Waals surface area contributed by atoms with Crippen molar-refractivity contribution in [2.45, 2.75) is 37.0 Å². The van der Waals surface area contributed by atoms with E-state index < -0.39 is 32.4 Å².